The molecule has 1 aromatic carbocycles. The zero-order valence-corrected chi connectivity index (χ0v) is 12.1. The minimum absolute atomic E-state index is 0.477. The zero-order chi connectivity index (χ0) is 14.6. The van der Waals surface area contributed by atoms with Gasteiger partial charge in [0.15, 0.2) is 0 Å². The molecule has 106 valence electrons. The Morgan fingerprint density at radius 2 is 2.00 bits per heavy atom. The first kappa shape index (κ1) is 15.5. The van der Waals surface area contributed by atoms with Gasteiger partial charge < -0.3 is 15.6 Å². The van der Waals surface area contributed by atoms with Gasteiger partial charge in [0.05, 0.1) is 7.11 Å². The van der Waals surface area contributed by atoms with Crippen LogP contribution >= 0.6 is 0 Å². The summed E-state index contributed by atoms with van der Waals surface area (Å²) in [5.74, 6) is -0.0230. The standard InChI is InChI=1S/C15H23NO3/c1-9-8-10(2)12(14(19-4)11(9)3)6-5-7-13(16)15(17)18/h8,13H,5-7,16H2,1-4H3,(H,17,18). The topological polar surface area (TPSA) is 72.5 Å². The summed E-state index contributed by atoms with van der Waals surface area (Å²) in [6.45, 7) is 6.16. The van der Waals surface area contributed by atoms with Crippen LogP contribution in [0.1, 0.15) is 35.1 Å². The number of carboxylic acid groups (broad SMARTS) is 1. The molecule has 0 bridgehead atoms. The molecular formula is C15H23NO3. The minimum Gasteiger partial charge on any atom is -0.496 e. The van der Waals surface area contributed by atoms with Crippen LogP contribution in [0.25, 0.3) is 0 Å². The minimum atomic E-state index is -0.941. The second-order valence-corrected chi connectivity index (χ2v) is 4.98. The van der Waals surface area contributed by atoms with Crippen LogP contribution in [-0.4, -0.2) is 24.2 Å². The number of aryl methyl sites for hydroxylation is 2. The second kappa shape index (κ2) is 6.57. The van der Waals surface area contributed by atoms with Gasteiger partial charge in [-0.2, -0.15) is 0 Å². The Hall–Kier alpha value is -1.55. The van der Waals surface area contributed by atoms with Crippen molar-refractivity contribution in [1.82, 2.24) is 0 Å². The van der Waals surface area contributed by atoms with Crippen LogP contribution in [-0.2, 0) is 11.2 Å². The van der Waals surface area contributed by atoms with Crippen molar-refractivity contribution in [3.05, 3.63) is 28.3 Å². The predicted octanol–water partition coefficient (Wildman–Crippen LogP) is 2.36. The van der Waals surface area contributed by atoms with Crippen molar-refractivity contribution in [2.24, 2.45) is 5.73 Å². The molecule has 1 atom stereocenters. The van der Waals surface area contributed by atoms with E-state index in [-0.39, 0.29) is 0 Å². The summed E-state index contributed by atoms with van der Waals surface area (Å²) < 4.78 is 5.50. The maximum atomic E-state index is 10.7. The van der Waals surface area contributed by atoms with E-state index in [0.29, 0.717) is 6.42 Å². The number of nitrogens with two attached hydrogens (primary N) is 1. The highest BCUT2D eigenvalue weighted by Gasteiger charge is 2.14. The highest BCUT2D eigenvalue weighted by Crippen LogP contribution is 2.30. The number of carboxylic acids is 1. The second-order valence-electron chi connectivity index (χ2n) is 4.98. The highest BCUT2D eigenvalue weighted by atomic mass is 16.5. The van der Waals surface area contributed by atoms with Gasteiger partial charge in [0.25, 0.3) is 0 Å². The van der Waals surface area contributed by atoms with Gasteiger partial charge in [0, 0.05) is 0 Å². The lowest BCUT2D eigenvalue weighted by Gasteiger charge is -2.17. The number of benzene rings is 1. The zero-order valence-electron chi connectivity index (χ0n) is 12.1. The maximum absolute atomic E-state index is 10.7. The van der Waals surface area contributed by atoms with E-state index >= 15 is 0 Å². The summed E-state index contributed by atoms with van der Waals surface area (Å²) in [7, 11) is 1.67. The Kier molecular flexibility index (Phi) is 5.36. The summed E-state index contributed by atoms with van der Waals surface area (Å²) in [6, 6.07) is 1.36. The first-order chi connectivity index (χ1) is 8.88. The summed E-state index contributed by atoms with van der Waals surface area (Å²) in [4.78, 5) is 10.7. The Morgan fingerprint density at radius 3 is 2.53 bits per heavy atom. The van der Waals surface area contributed by atoms with Crippen LogP contribution in [0.5, 0.6) is 5.75 Å². The molecule has 0 fully saturated rings. The Bertz CT molecular complexity index is 469. The van der Waals surface area contributed by atoms with E-state index in [1.807, 2.05) is 6.92 Å². The number of ether oxygens (including phenoxy) is 1. The molecule has 0 aliphatic heterocycles. The van der Waals surface area contributed by atoms with Gasteiger partial charge in [-0.3, -0.25) is 4.79 Å². The van der Waals surface area contributed by atoms with Crippen molar-refractivity contribution in [2.75, 3.05) is 7.11 Å². The molecule has 1 unspecified atom stereocenters. The summed E-state index contributed by atoms with van der Waals surface area (Å²) in [5, 5.41) is 8.77. The van der Waals surface area contributed by atoms with E-state index in [2.05, 4.69) is 19.9 Å². The molecule has 0 aliphatic rings. The van der Waals surface area contributed by atoms with Crippen molar-refractivity contribution in [3.63, 3.8) is 0 Å². The Labute approximate surface area is 114 Å². The molecule has 19 heavy (non-hydrogen) atoms. The molecule has 0 saturated carbocycles. The van der Waals surface area contributed by atoms with Gasteiger partial charge in [-0.05, 0) is 62.3 Å². The van der Waals surface area contributed by atoms with Gasteiger partial charge >= 0.3 is 5.97 Å². The average Bonchev–Trinajstić information content (AvgIpc) is 2.35. The van der Waals surface area contributed by atoms with E-state index in [0.717, 1.165) is 29.7 Å². The molecule has 0 heterocycles. The predicted molar refractivity (Wildman–Crippen MR) is 75.8 cm³/mol. The number of hydrogen-bond donors (Lipinski definition) is 2. The summed E-state index contributed by atoms with van der Waals surface area (Å²) in [5.41, 5.74) is 10.2. The van der Waals surface area contributed by atoms with Gasteiger partial charge in [0.2, 0.25) is 0 Å². The smallest absolute Gasteiger partial charge is 0.320 e. The third kappa shape index (κ3) is 3.70. The average molecular weight is 265 g/mol. The van der Waals surface area contributed by atoms with Gasteiger partial charge in [-0.1, -0.05) is 6.07 Å². The fourth-order valence-corrected chi connectivity index (χ4v) is 2.31. The fourth-order valence-electron chi connectivity index (χ4n) is 2.31. The van der Waals surface area contributed by atoms with Crippen molar-refractivity contribution in [1.29, 1.82) is 0 Å². The number of rotatable bonds is 6. The number of carbonyl (C=O) groups is 1. The number of hydrogen-bond acceptors (Lipinski definition) is 3. The first-order valence-electron chi connectivity index (χ1n) is 6.50. The van der Waals surface area contributed by atoms with E-state index in [1.54, 1.807) is 7.11 Å². The highest BCUT2D eigenvalue weighted by molar-refractivity contribution is 5.72. The molecule has 1 aromatic rings. The van der Waals surface area contributed by atoms with Gasteiger partial charge in [-0.25, -0.2) is 0 Å². The van der Waals surface area contributed by atoms with E-state index in [4.69, 9.17) is 15.6 Å². The van der Waals surface area contributed by atoms with Crippen LogP contribution in [0.3, 0.4) is 0 Å². The molecule has 0 amide bonds. The first-order valence-corrected chi connectivity index (χ1v) is 6.50. The van der Waals surface area contributed by atoms with Crippen LogP contribution < -0.4 is 10.5 Å². The van der Waals surface area contributed by atoms with E-state index < -0.39 is 12.0 Å². The summed E-state index contributed by atoms with van der Waals surface area (Å²) in [6.07, 6.45) is 2.01. The monoisotopic (exact) mass is 265 g/mol. The number of aliphatic carboxylic acids is 1. The largest absolute Gasteiger partial charge is 0.496 e. The molecule has 0 aliphatic carbocycles. The van der Waals surface area contributed by atoms with Crippen LogP contribution in [0.15, 0.2) is 6.07 Å². The lowest BCUT2D eigenvalue weighted by Crippen LogP contribution is -2.29. The normalized spacial score (nSPS) is 12.3. The maximum Gasteiger partial charge on any atom is 0.320 e. The van der Waals surface area contributed by atoms with Crippen molar-refractivity contribution in [3.8, 4) is 5.75 Å². The molecule has 0 aromatic heterocycles. The fraction of sp³-hybridized carbons (Fsp3) is 0.533. The van der Waals surface area contributed by atoms with Crippen molar-refractivity contribution in [2.45, 2.75) is 46.1 Å². The molecule has 4 heteroatoms. The van der Waals surface area contributed by atoms with Gasteiger partial charge in [0.1, 0.15) is 11.8 Å². The summed E-state index contributed by atoms with van der Waals surface area (Å²) >= 11 is 0. The Balaban J connectivity index is 2.84. The number of methoxy groups -OCH3 is 1. The van der Waals surface area contributed by atoms with Crippen LogP contribution in [0, 0.1) is 20.8 Å². The molecular weight excluding hydrogens is 242 g/mol. The van der Waals surface area contributed by atoms with E-state index in [1.165, 1.54) is 11.1 Å². The molecule has 1 rings (SSSR count). The molecule has 4 nitrogen and oxygen atoms in total. The van der Waals surface area contributed by atoms with Crippen molar-refractivity contribution < 1.29 is 14.6 Å². The third-order valence-electron chi connectivity index (χ3n) is 3.58. The Morgan fingerprint density at radius 1 is 1.37 bits per heavy atom. The lowest BCUT2D eigenvalue weighted by molar-refractivity contribution is -0.138. The molecule has 3 N–H and O–H groups in total. The van der Waals surface area contributed by atoms with E-state index in [9.17, 15) is 4.79 Å². The quantitative estimate of drug-likeness (QED) is 0.828. The molecule has 0 radical (unpaired) electrons. The SMILES string of the molecule is COc1c(C)c(C)cc(C)c1CCCC(N)C(=O)O. The molecule has 0 saturated heterocycles. The lowest BCUT2D eigenvalue weighted by atomic mass is 9.95. The van der Waals surface area contributed by atoms with Crippen LogP contribution in [0.2, 0.25) is 0 Å². The molecule has 0 spiro atoms. The third-order valence-corrected chi connectivity index (χ3v) is 3.58. The van der Waals surface area contributed by atoms with Crippen LogP contribution in [0.4, 0.5) is 0 Å². The van der Waals surface area contributed by atoms with Crippen molar-refractivity contribution >= 4 is 5.97 Å². The van der Waals surface area contributed by atoms with Gasteiger partial charge in [-0.15, -0.1) is 0 Å².